The number of aliphatic hydroxyl groups is 4. The van der Waals surface area contributed by atoms with E-state index < -0.39 is 72.0 Å². The Morgan fingerprint density at radius 3 is 2.46 bits per heavy atom. The van der Waals surface area contributed by atoms with Gasteiger partial charge in [0.25, 0.3) is 0 Å². The molecule has 1 unspecified atom stereocenters. The van der Waals surface area contributed by atoms with Crippen LogP contribution in [0.4, 0.5) is 0 Å². The molecule has 0 aromatic rings. The molecule has 0 amide bonds. The predicted molar refractivity (Wildman–Crippen MR) is 165 cm³/mol. The lowest BCUT2D eigenvalue weighted by Gasteiger charge is -2.49. The topological polar surface area (TPSA) is 287 Å². The van der Waals surface area contributed by atoms with Gasteiger partial charge in [-0.15, -0.1) is 0 Å². The van der Waals surface area contributed by atoms with Crippen LogP contribution in [-0.2, 0) is 23.7 Å². The first-order chi connectivity index (χ1) is 21.7. The molecule has 46 heavy (non-hydrogen) atoms. The summed E-state index contributed by atoms with van der Waals surface area (Å²) >= 11 is 0. The maximum absolute atomic E-state index is 13.4. The molecular formula is C29H52N8O9. The molecule has 15 N–H and O–H groups in total. The Bertz CT molecular complexity index is 1130. The zero-order valence-electron chi connectivity index (χ0n) is 26.5. The van der Waals surface area contributed by atoms with E-state index in [0.717, 1.165) is 13.1 Å². The molecule has 0 radical (unpaired) electrons. The number of aliphatic imine (C=N–C) groups is 1. The highest BCUT2D eigenvalue weighted by Gasteiger charge is 2.54. The number of ketones is 1. The second-order valence-corrected chi connectivity index (χ2v) is 13.6. The number of nitrogens with one attached hydrogen (secondary N) is 3. The van der Waals surface area contributed by atoms with Crippen molar-refractivity contribution in [2.45, 2.75) is 117 Å². The van der Waals surface area contributed by atoms with Gasteiger partial charge < -0.3 is 78.3 Å². The molecule has 0 bridgehead atoms. The summed E-state index contributed by atoms with van der Waals surface area (Å²) in [6.07, 6.45) is -4.28. The molecular weight excluding hydrogens is 604 g/mol. The van der Waals surface area contributed by atoms with Gasteiger partial charge in [-0.05, 0) is 38.8 Å². The van der Waals surface area contributed by atoms with Crippen molar-refractivity contribution < 1.29 is 44.2 Å². The molecule has 2 saturated heterocycles. The van der Waals surface area contributed by atoms with Gasteiger partial charge in [-0.1, -0.05) is 0 Å². The fourth-order valence-corrected chi connectivity index (χ4v) is 7.22. The number of hydrogen-bond acceptors (Lipinski definition) is 15. The van der Waals surface area contributed by atoms with Crippen molar-refractivity contribution in [1.29, 1.82) is 0 Å². The fraction of sp³-hybridized carbons (Fsp3) is 0.862. The summed E-state index contributed by atoms with van der Waals surface area (Å²) in [6, 6.07) is -1.94. The van der Waals surface area contributed by atoms with Gasteiger partial charge in [-0.2, -0.15) is 0 Å². The van der Waals surface area contributed by atoms with E-state index >= 15 is 0 Å². The summed E-state index contributed by atoms with van der Waals surface area (Å²) in [7, 11) is 1.60. The van der Waals surface area contributed by atoms with Crippen molar-refractivity contribution in [1.82, 2.24) is 16.0 Å². The Morgan fingerprint density at radius 2 is 1.85 bits per heavy atom. The number of carbonyl (C=O) groups is 1. The van der Waals surface area contributed by atoms with E-state index in [1.165, 1.54) is 6.92 Å². The monoisotopic (exact) mass is 656 g/mol. The quantitative estimate of drug-likeness (QED) is 0.0694. The molecule has 17 heteroatoms. The van der Waals surface area contributed by atoms with E-state index in [4.69, 9.17) is 41.9 Å². The largest absolute Gasteiger partial charge is 0.467 e. The Hall–Kier alpha value is -2.00. The standard InChI is InChI=1S/C29H52N8O9/c1-28(41)12-43-26(21(40)24(28)34-2)45-22-13(6-19(38)29(42)7-14(8-29)37-27(32)33)5-17(31)23(20(22)39)46-25-18(36-15-10-35-11-15)4-3-16(9-30)44-25/h3,13-15,17-18,20-26,34-36,39-42H,4-12,30-31H2,1-2H3,(H4,32,33,37)/t13-,14?,17-,18+,20+,21+,22-,23?,24+,25+,26+,28-,29?/m0/s1. The highest BCUT2D eigenvalue weighted by atomic mass is 16.7. The predicted octanol–water partition coefficient (Wildman–Crippen LogP) is -4.83. The van der Waals surface area contributed by atoms with Gasteiger partial charge in [0.1, 0.15) is 35.3 Å². The first kappa shape index (κ1) is 35.3. The van der Waals surface area contributed by atoms with E-state index in [9.17, 15) is 25.2 Å². The van der Waals surface area contributed by atoms with Gasteiger partial charge >= 0.3 is 0 Å². The van der Waals surface area contributed by atoms with E-state index in [1.807, 2.05) is 6.08 Å². The van der Waals surface area contributed by atoms with Gasteiger partial charge in [-0.25, -0.2) is 0 Å². The molecule has 3 aliphatic heterocycles. The summed E-state index contributed by atoms with van der Waals surface area (Å²) < 4.78 is 24.5. The number of carbonyl (C=O) groups excluding carboxylic acids is 1. The van der Waals surface area contributed by atoms with Crippen molar-refractivity contribution in [3.05, 3.63) is 11.8 Å². The van der Waals surface area contributed by atoms with Crippen molar-refractivity contribution in [3.63, 3.8) is 0 Å². The minimum atomic E-state index is -1.64. The number of nitrogens with zero attached hydrogens (tertiary/aromatic N) is 1. The van der Waals surface area contributed by atoms with Crippen LogP contribution in [0.25, 0.3) is 0 Å². The lowest BCUT2D eigenvalue weighted by atomic mass is 9.69. The van der Waals surface area contributed by atoms with Crippen LogP contribution in [0.5, 0.6) is 0 Å². The Kier molecular flexibility index (Phi) is 10.9. The second-order valence-electron chi connectivity index (χ2n) is 13.6. The number of ether oxygens (including phenoxy) is 4. The van der Waals surface area contributed by atoms with Crippen molar-refractivity contribution >= 4 is 11.7 Å². The molecule has 17 nitrogen and oxygen atoms in total. The van der Waals surface area contributed by atoms with Crippen LogP contribution in [-0.4, -0.2) is 144 Å². The zero-order valence-corrected chi connectivity index (χ0v) is 26.5. The third-order valence-electron chi connectivity index (χ3n) is 9.93. The van der Waals surface area contributed by atoms with Crippen LogP contribution in [0.2, 0.25) is 0 Å². The van der Waals surface area contributed by atoms with Gasteiger partial charge in [0, 0.05) is 44.4 Å². The van der Waals surface area contributed by atoms with E-state index in [0.29, 0.717) is 12.2 Å². The lowest BCUT2D eigenvalue weighted by Crippen LogP contribution is -2.67. The molecule has 2 aliphatic carbocycles. The van der Waals surface area contributed by atoms with Gasteiger partial charge in [0.05, 0.1) is 37.4 Å². The van der Waals surface area contributed by atoms with Gasteiger partial charge in [0.15, 0.2) is 18.0 Å². The van der Waals surface area contributed by atoms with E-state index in [2.05, 4.69) is 20.9 Å². The molecule has 3 heterocycles. The first-order valence-electron chi connectivity index (χ1n) is 16.1. The Labute approximate surface area is 268 Å². The summed E-state index contributed by atoms with van der Waals surface area (Å²) in [5, 5.41) is 54.4. The summed E-state index contributed by atoms with van der Waals surface area (Å²) in [6.45, 7) is 3.15. The molecule has 0 aromatic heterocycles. The molecule has 262 valence electrons. The van der Waals surface area contributed by atoms with Gasteiger partial charge in [0.2, 0.25) is 6.29 Å². The van der Waals surface area contributed by atoms with Gasteiger partial charge in [-0.3, -0.25) is 9.79 Å². The number of hydrogen-bond donors (Lipinski definition) is 11. The van der Waals surface area contributed by atoms with Crippen molar-refractivity contribution in [2.24, 2.45) is 33.8 Å². The smallest absolute Gasteiger partial charge is 0.215 e. The summed E-state index contributed by atoms with van der Waals surface area (Å²) in [4.78, 5) is 17.5. The number of Topliss-reactive ketones (excluding diaryl/α,β-unsaturated/α-hetero) is 1. The molecule has 11 atom stereocenters. The highest BCUT2D eigenvalue weighted by molar-refractivity contribution is 5.89. The number of likely N-dealkylation sites (N-methyl/N-ethyl adjacent to an activating group) is 1. The van der Waals surface area contributed by atoms with Crippen molar-refractivity contribution in [3.8, 4) is 0 Å². The second kappa shape index (κ2) is 14.2. The summed E-state index contributed by atoms with van der Waals surface area (Å²) in [5.74, 6) is -0.707. The van der Waals surface area contributed by atoms with Crippen molar-refractivity contribution in [2.75, 3.05) is 33.3 Å². The lowest BCUT2D eigenvalue weighted by molar-refractivity contribution is -0.308. The zero-order chi connectivity index (χ0) is 33.4. The number of nitrogens with two attached hydrogens (primary N) is 4. The van der Waals surface area contributed by atoms with Crippen LogP contribution in [0, 0.1) is 5.92 Å². The molecule has 2 saturated carbocycles. The molecule has 0 spiro atoms. The SMILES string of the molecule is CN[C@@H]1[C@@H](O)[C@@H](O[C@H]2[C@H](CC(=O)C3(O)CC(N=C(N)N)C3)C[C@H](N)C(O[C@H]3OC(CN)=CC[C@H]3NC3CNC3)[C@@H]2O)OC[C@]1(C)O. The molecule has 5 aliphatic rings. The van der Waals surface area contributed by atoms with Crippen LogP contribution >= 0.6 is 0 Å². The third-order valence-corrected chi connectivity index (χ3v) is 9.93. The minimum absolute atomic E-state index is 0.0621. The number of rotatable bonds is 12. The molecule has 5 rings (SSSR count). The number of guanidine groups is 1. The highest BCUT2D eigenvalue weighted by Crippen LogP contribution is 2.41. The van der Waals surface area contributed by atoms with E-state index in [-0.39, 0.29) is 62.9 Å². The van der Waals surface area contributed by atoms with Crippen LogP contribution in [0.1, 0.15) is 39.0 Å². The average molecular weight is 657 g/mol. The van der Waals surface area contributed by atoms with Crippen LogP contribution < -0.4 is 38.9 Å². The fourth-order valence-electron chi connectivity index (χ4n) is 7.22. The Balaban J connectivity index is 1.35. The normalized spacial score (nSPS) is 44.7. The Morgan fingerprint density at radius 1 is 1.15 bits per heavy atom. The summed E-state index contributed by atoms with van der Waals surface area (Å²) in [5.41, 5.74) is 20.4. The number of aliphatic hydroxyl groups excluding tert-OH is 2. The maximum Gasteiger partial charge on any atom is 0.215 e. The third kappa shape index (κ3) is 7.50. The average Bonchev–Trinajstić information content (AvgIpc) is 2.95. The molecule has 4 fully saturated rings. The van der Waals surface area contributed by atoms with Crippen LogP contribution in [0.3, 0.4) is 0 Å². The van der Waals surface area contributed by atoms with E-state index in [1.54, 1.807) is 7.05 Å². The van der Waals surface area contributed by atoms with Crippen LogP contribution in [0.15, 0.2) is 16.8 Å². The first-order valence-corrected chi connectivity index (χ1v) is 16.1. The minimum Gasteiger partial charge on any atom is -0.467 e. The maximum atomic E-state index is 13.4. The molecule has 0 aromatic carbocycles.